The van der Waals surface area contributed by atoms with Crippen molar-refractivity contribution in [3.05, 3.63) is 59.3 Å². The first-order valence-corrected chi connectivity index (χ1v) is 8.87. The van der Waals surface area contributed by atoms with E-state index in [9.17, 15) is 9.18 Å². The van der Waals surface area contributed by atoms with Crippen LogP contribution in [0.2, 0.25) is 0 Å². The Balaban J connectivity index is 0.00000243. The number of carbonyl (C=O) groups is 1. The second-order valence-corrected chi connectivity index (χ2v) is 6.87. The van der Waals surface area contributed by atoms with Crippen LogP contribution in [0.3, 0.4) is 0 Å². The summed E-state index contributed by atoms with van der Waals surface area (Å²) >= 11 is 0. The molecule has 2 aromatic rings. The first-order chi connectivity index (χ1) is 12.0. The molecule has 4 nitrogen and oxygen atoms in total. The lowest BCUT2D eigenvalue weighted by molar-refractivity contribution is 0.0891. The monoisotopic (exact) mass is 380 g/mol. The van der Waals surface area contributed by atoms with E-state index >= 15 is 0 Å². The summed E-state index contributed by atoms with van der Waals surface area (Å²) in [6.07, 6.45) is 2.27. The lowest BCUT2D eigenvalue weighted by Crippen LogP contribution is -2.42. The molecule has 1 fully saturated rings. The van der Waals surface area contributed by atoms with Crippen molar-refractivity contribution in [2.45, 2.75) is 32.7 Å². The number of halogens is 2. The zero-order chi connectivity index (χ0) is 17.8. The van der Waals surface area contributed by atoms with E-state index in [4.69, 9.17) is 4.42 Å². The number of rotatable bonds is 5. The van der Waals surface area contributed by atoms with Crippen molar-refractivity contribution in [1.82, 2.24) is 10.2 Å². The molecule has 142 valence electrons. The summed E-state index contributed by atoms with van der Waals surface area (Å²) in [5.41, 5.74) is 0.0733. The predicted octanol–water partition coefficient (Wildman–Crippen LogP) is 4.35. The smallest absolute Gasteiger partial charge is 0.254 e. The van der Waals surface area contributed by atoms with Gasteiger partial charge in [-0.1, -0.05) is 19.1 Å². The number of carbonyl (C=O) groups excluding carboxylic acids is 1. The Bertz CT molecular complexity index is 726. The molecule has 0 aliphatic carbocycles. The molecule has 2 heterocycles. The molecule has 1 amide bonds. The molecule has 1 aromatic carbocycles. The molecule has 1 unspecified atom stereocenters. The average molecular weight is 381 g/mol. The van der Waals surface area contributed by atoms with Crippen LogP contribution in [0.15, 0.2) is 40.8 Å². The van der Waals surface area contributed by atoms with Crippen molar-refractivity contribution in [3.8, 4) is 0 Å². The van der Waals surface area contributed by atoms with Crippen LogP contribution in [-0.4, -0.2) is 30.4 Å². The van der Waals surface area contributed by atoms with Crippen LogP contribution in [0.25, 0.3) is 0 Å². The average Bonchev–Trinajstić information content (AvgIpc) is 3.03. The molecule has 0 saturated carbocycles. The van der Waals surface area contributed by atoms with Crippen molar-refractivity contribution in [1.29, 1.82) is 0 Å². The highest BCUT2D eigenvalue weighted by molar-refractivity contribution is 5.94. The van der Waals surface area contributed by atoms with Crippen molar-refractivity contribution in [2.24, 2.45) is 5.92 Å². The molecule has 1 aromatic heterocycles. The highest BCUT2D eigenvalue weighted by Crippen LogP contribution is 2.27. The van der Waals surface area contributed by atoms with Gasteiger partial charge in [0.1, 0.15) is 17.3 Å². The molecule has 1 aliphatic heterocycles. The van der Waals surface area contributed by atoms with E-state index in [1.165, 1.54) is 12.1 Å². The zero-order valence-corrected chi connectivity index (χ0v) is 16.0. The van der Waals surface area contributed by atoms with Gasteiger partial charge in [-0.25, -0.2) is 4.39 Å². The van der Waals surface area contributed by atoms with Crippen LogP contribution >= 0.6 is 12.4 Å². The largest absolute Gasteiger partial charge is 0.465 e. The normalized spacial score (nSPS) is 16.7. The summed E-state index contributed by atoms with van der Waals surface area (Å²) in [5.74, 6) is 1.53. The summed E-state index contributed by atoms with van der Waals surface area (Å²) in [5, 5.41) is 2.88. The fourth-order valence-corrected chi connectivity index (χ4v) is 3.31. The van der Waals surface area contributed by atoms with Gasteiger partial charge in [-0.15, -0.1) is 12.4 Å². The highest BCUT2D eigenvalue weighted by Gasteiger charge is 2.27. The Morgan fingerprint density at radius 3 is 2.58 bits per heavy atom. The van der Waals surface area contributed by atoms with Gasteiger partial charge in [0.2, 0.25) is 0 Å². The fraction of sp³-hybridized carbons (Fsp3) is 0.450. The number of hydrogen-bond acceptors (Lipinski definition) is 3. The summed E-state index contributed by atoms with van der Waals surface area (Å²) < 4.78 is 19.6. The molecular formula is C20H26ClFN2O2. The molecule has 0 bridgehead atoms. The molecular weight excluding hydrogens is 355 g/mol. The quantitative estimate of drug-likeness (QED) is 0.838. The molecule has 3 rings (SSSR count). The fourth-order valence-electron chi connectivity index (χ4n) is 3.31. The Hall–Kier alpha value is -1.85. The van der Waals surface area contributed by atoms with Crippen molar-refractivity contribution >= 4 is 18.3 Å². The van der Waals surface area contributed by atoms with Crippen LogP contribution in [0.1, 0.15) is 47.7 Å². The molecule has 1 atom stereocenters. The zero-order valence-electron chi connectivity index (χ0n) is 15.2. The topological polar surface area (TPSA) is 45.5 Å². The van der Waals surface area contributed by atoms with E-state index in [0.29, 0.717) is 6.54 Å². The second-order valence-electron chi connectivity index (χ2n) is 6.87. The van der Waals surface area contributed by atoms with Crippen LogP contribution in [0, 0.1) is 18.7 Å². The first kappa shape index (κ1) is 20.5. The number of benzene rings is 1. The Morgan fingerprint density at radius 2 is 1.96 bits per heavy atom. The van der Waals surface area contributed by atoms with E-state index in [1.54, 1.807) is 12.1 Å². The summed E-state index contributed by atoms with van der Waals surface area (Å²) in [7, 11) is 0. The number of nitrogens with one attached hydrogen (secondary N) is 1. The second kappa shape index (κ2) is 9.19. The van der Waals surface area contributed by atoms with Gasteiger partial charge in [-0.05, 0) is 63.0 Å². The van der Waals surface area contributed by atoms with Crippen LogP contribution in [0.4, 0.5) is 4.39 Å². The molecule has 0 spiro atoms. The van der Waals surface area contributed by atoms with E-state index in [-0.39, 0.29) is 24.0 Å². The number of aryl methyl sites for hydroxylation is 1. The Morgan fingerprint density at radius 1 is 1.27 bits per heavy atom. The maximum absolute atomic E-state index is 13.8. The number of piperidine rings is 1. The van der Waals surface area contributed by atoms with E-state index in [0.717, 1.165) is 43.4 Å². The van der Waals surface area contributed by atoms with E-state index in [2.05, 4.69) is 17.1 Å². The van der Waals surface area contributed by atoms with E-state index < -0.39 is 11.7 Å². The SMILES string of the molecule is Cc1ccc(C(CNC(=O)c2ccccc2F)N2CCC(C)CC2)o1.Cl. The standard InChI is InChI=1S/C20H25FN2O2.ClH/c1-14-9-11-23(12-10-14)18(19-8-7-15(2)25-19)13-22-20(24)16-5-3-4-6-17(16)21;/h3-8,14,18H,9-13H2,1-2H3,(H,22,24);1H. The predicted molar refractivity (Wildman–Crippen MR) is 102 cm³/mol. The summed E-state index contributed by atoms with van der Waals surface area (Å²) in [6.45, 7) is 6.52. The molecule has 1 saturated heterocycles. The minimum absolute atomic E-state index is 0. The molecule has 1 aliphatic rings. The number of amides is 1. The summed E-state index contributed by atoms with van der Waals surface area (Å²) in [6, 6.07) is 9.92. The van der Waals surface area contributed by atoms with Gasteiger partial charge in [-0.2, -0.15) is 0 Å². The van der Waals surface area contributed by atoms with Gasteiger partial charge in [0.05, 0.1) is 11.6 Å². The molecule has 26 heavy (non-hydrogen) atoms. The van der Waals surface area contributed by atoms with Crippen molar-refractivity contribution in [3.63, 3.8) is 0 Å². The Labute approximate surface area is 160 Å². The molecule has 1 N–H and O–H groups in total. The number of likely N-dealkylation sites (tertiary alicyclic amines) is 1. The number of furan rings is 1. The minimum Gasteiger partial charge on any atom is -0.465 e. The van der Waals surface area contributed by atoms with Gasteiger partial charge < -0.3 is 9.73 Å². The maximum Gasteiger partial charge on any atom is 0.254 e. The lowest BCUT2D eigenvalue weighted by Gasteiger charge is -2.35. The first-order valence-electron chi connectivity index (χ1n) is 8.87. The lowest BCUT2D eigenvalue weighted by atomic mass is 9.97. The van der Waals surface area contributed by atoms with Crippen molar-refractivity contribution in [2.75, 3.05) is 19.6 Å². The third-order valence-corrected chi connectivity index (χ3v) is 4.92. The van der Waals surface area contributed by atoms with Crippen molar-refractivity contribution < 1.29 is 13.6 Å². The van der Waals surface area contributed by atoms with Crippen LogP contribution in [0.5, 0.6) is 0 Å². The van der Waals surface area contributed by atoms with Crippen LogP contribution < -0.4 is 5.32 Å². The van der Waals surface area contributed by atoms with Gasteiger partial charge in [0, 0.05) is 6.54 Å². The van der Waals surface area contributed by atoms with Gasteiger partial charge >= 0.3 is 0 Å². The molecule has 0 radical (unpaired) electrons. The summed E-state index contributed by atoms with van der Waals surface area (Å²) in [4.78, 5) is 14.7. The third kappa shape index (κ3) is 4.86. The minimum atomic E-state index is -0.503. The Kier molecular flexibility index (Phi) is 7.23. The van der Waals surface area contributed by atoms with E-state index in [1.807, 2.05) is 19.1 Å². The van der Waals surface area contributed by atoms with Crippen LogP contribution in [-0.2, 0) is 0 Å². The van der Waals surface area contributed by atoms with Gasteiger partial charge in [0.15, 0.2) is 0 Å². The third-order valence-electron chi connectivity index (χ3n) is 4.92. The molecule has 6 heteroatoms. The van der Waals surface area contributed by atoms with Gasteiger partial charge in [0.25, 0.3) is 5.91 Å². The maximum atomic E-state index is 13.8. The number of nitrogens with zero attached hydrogens (tertiary/aromatic N) is 1. The van der Waals surface area contributed by atoms with Gasteiger partial charge in [-0.3, -0.25) is 9.69 Å². The highest BCUT2D eigenvalue weighted by atomic mass is 35.5. The number of hydrogen-bond donors (Lipinski definition) is 1.